The number of hydrogen-bond acceptors (Lipinski definition) is 9. The highest BCUT2D eigenvalue weighted by molar-refractivity contribution is 5.88. The van der Waals surface area contributed by atoms with Crippen LogP contribution in [0, 0.1) is 0 Å². The summed E-state index contributed by atoms with van der Waals surface area (Å²) in [5.74, 6) is -2.30. The van der Waals surface area contributed by atoms with Gasteiger partial charge in [-0.1, -0.05) is 32.0 Å². The molecule has 36 heavy (non-hydrogen) atoms. The molecular weight excluding hydrogens is 468 g/mol. The van der Waals surface area contributed by atoms with Crippen molar-refractivity contribution >= 4 is 11.9 Å². The summed E-state index contributed by atoms with van der Waals surface area (Å²) in [7, 11) is 0. The third-order valence-corrected chi connectivity index (χ3v) is 4.74. The van der Waals surface area contributed by atoms with Crippen LogP contribution in [0.5, 0.6) is 0 Å². The molecule has 0 aliphatic rings. The Morgan fingerprint density at radius 3 is 1.56 bits per heavy atom. The van der Waals surface area contributed by atoms with Crippen molar-refractivity contribution in [3.8, 4) is 0 Å². The summed E-state index contributed by atoms with van der Waals surface area (Å²) < 4.78 is 4.94. The van der Waals surface area contributed by atoms with E-state index >= 15 is 0 Å². The van der Waals surface area contributed by atoms with Crippen molar-refractivity contribution in [1.29, 1.82) is 0 Å². The van der Waals surface area contributed by atoms with Gasteiger partial charge >= 0.3 is 11.9 Å². The van der Waals surface area contributed by atoms with Crippen molar-refractivity contribution in [2.75, 3.05) is 6.61 Å². The first-order valence-corrected chi connectivity index (χ1v) is 12.3. The highest BCUT2D eigenvalue weighted by Crippen LogP contribution is 2.27. The lowest BCUT2D eigenvalue weighted by Crippen LogP contribution is -2.41. The van der Waals surface area contributed by atoms with E-state index in [1.54, 1.807) is 38.1 Å². The number of carbonyl (C=O) groups excluding carboxylic acids is 2. The van der Waals surface area contributed by atoms with Gasteiger partial charge in [-0.2, -0.15) is 14.7 Å². The van der Waals surface area contributed by atoms with Gasteiger partial charge in [0.15, 0.2) is 0 Å². The fraction of sp³-hybridized carbons (Fsp3) is 0.704. The fourth-order valence-electron chi connectivity index (χ4n) is 1.85. The molecule has 1 rings (SSSR count). The van der Waals surface area contributed by atoms with Crippen molar-refractivity contribution < 1.29 is 43.7 Å². The van der Waals surface area contributed by atoms with E-state index in [1.165, 1.54) is 0 Å². The molecule has 0 atom stereocenters. The first-order chi connectivity index (χ1) is 16.5. The van der Waals surface area contributed by atoms with Crippen LogP contribution >= 0.6 is 0 Å². The van der Waals surface area contributed by atoms with Gasteiger partial charge in [0.1, 0.15) is 12.0 Å². The molecule has 0 saturated carbocycles. The van der Waals surface area contributed by atoms with Crippen LogP contribution in [0.25, 0.3) is 0 Å². The number of hydrogen-bond donors (Lipinski definition) is 0. The van der Waals surface area contributed by atoms with Gasteiger partial charge in [-0.25, -0.2) is 14.6 Å². The Hall–Kier alpha value is -2.04. The summed E-state index contributed by atoms with van der Waals surface area (Å²) >= 11 is 0. The van der Waals surface area contributed by atoms with E-state index in [0.717, 1.165) is 12.8 Å². The van der Waals surface area contributed by atoms with Crippen LogP contribution in [0.3, 0.4) is 0 Å². The summed E-state index contributed by atoms with van der Waals surface area (Å²) in [5.41, 5.74) is -0.999. The van der Waals surface area contributed by atoms with Gasteiger partial charge in [0, 0.05) is 0 Å². The molecule has 0 fully saturated rings. The molecular formula is C27H46O9. The predicted octanol–water partition coefficient (Wildman–Crippen LogP) is 6.50. The molecule has 0 N–H and O–H groups in total. The second-order valence-corrected chi connectivity index (χ2v) is 10.6. The van der Waals surface area contributed by atoms with Crippen LogP contribution in [0.1, 0.15) is 106 Å². The summed E-state index contributed by atoms with van der Waals surface area (Å²) in [6, 6.07) is 8.73. The van der Waals surface area contributed by atoms with E-state index in [0.29, 0.717) is 5.56 Å². The first kappa shape index (κ1) is 34.0. The lowest BCUT2D eigenvalue weighted by molar-refractivity contribution is -0.538. The van der Waals surface area contributed by atoms with Gasteiger partial charge in [-0.05, 0) is 87.3 Å². The van der Waals surface area contributed by atoms with Crippen LogP contribution in [0.2, 0.25) is 0 Å². The van der Waals surface area contributed by atoms with Crippen molar-refractivity contribution in [1.82, 2.24) is 0 Å². The third-order valence-electron chi connectivity index (χ3n) is 4.74. The van der Waals surface area contributed by atoms with Gasteiger partial charge in [-0.3, -0.25) is 9.68 Å². The molecule has 0 radical (unpaired) electrons. The fourth-order valence-corrected chi connectivity index (χ4v) is 1.85. The van der Waals surface area contributed by atoms with Gasteiger partial charge in [0.2, 0.25) is 5.79 Å². The summed E-state index contributed by atoms with van der Waals surface area (Å²) in [6.45, 7) is 20.5. The lowest BCUT2D eigenvalue weighted by Gasteiger charge is -2.33. The zero-order chi connectivity index (χ0) is 28.0. The van der Waals surface area contributed by atoms with Gasteiger partial charge in [-0.15, -0.1) is 0 Å². The van der Waals surface area contributed by atoms with Crippen molar-refractivity contribution in [3.63, 3.8) is 0 Å². The number of benzene rings is 1. The molecule has 1 aromatic carbocycles. The Labute approximate surface area is 216 Å². The molecule has 208 valence electrons. The maximum atomic E-state index is 11.8. The Morgan fingerprint density at radius 2 is 1.17 bits per heavy atom. The summed E-state index contributed by atoms with van der Waals surface area (Å²) in [6.07, 6.45) is 1.34. The number of ether oxygens (including phenoxy) is 1. The smallest absolute Gasteiger partial charge is 0.373 e. The first-order valence-electron chi connectivity index (χ1n) is 12.3. The molecule has 0 saturated heterocycles. The number of esters is 1. The van der Waals surface area contributed by atoms with Crippen molar-refractivity contribution in [2.45, 2.75) is 118 Å². The van der Waals surface area contributed by atoms with E-state index < -0.39 is 34.5 Å². The molecule has 1 aromatic rings. The molecule has 9 nitrogen and oxygen atoms in total. The zero-order valence-corrected chi connectivity index (χ0v) is 23.9. The molecule has 0 aliphatic heterocycles. The van der Waals surface area contributed by atoms with Crippen molar-refractivity contribution in [2.24, 2.45) is 0 Å². The van der Waals surface area contributed by atoms with Gasteiger partial charge in [0.25, 0.3) is 0 Å². The monoisotopic (exact) mass is 514 g/mol. The van der Waals surface area contributed by atoms with E-state index in [2.05, 4.69) is 4.89 Å². The van der Waals surface area contributed by atoms with E-state index in [-0.39, 0.29) is 13.0 Å². The van der Waals surface area contributed by atoms with Gasteiger partial charge < -0.3 is 4.74 Å². The van der Waals surface area contributed by atoms with E-state index in [1.807, 2.05) is 68.4 Å². The number of rotatable bonds is 13. The van der Waals surface area contributed by atoms with Crippen LogP contribution in [0.4, 0.5) is 0 Å². The van der Waals surface area contributed by atoms with Crippen LogP contribution in [-0.2, 0) is 38.9 Å². The standard InChI is InChI=1S/C16H32O6.C11H14O3/c1-9-14(4,5)19-21-16(8,12-13(17)18-11-3)22-20-15(6,7)10-2;1-11(2,3)14-13-10(12)9-7-5-4-6-8-9/h9-12H2,1-8H3;4-8H,1-3H3. The molecule has 9 heteroatoms. The SMILES string of the molecule is CC(C)(C)OOC(=O)c1ccccc1.CCOC(=O)CC(C)(OOC(C)(C)CC)OOC(C)(C)CC. The zero-order valence-electron chi connectivity index (χ0n) is 23.9. The second-order valence-electron chi connectivity index (χ2n) is 10.6. The Balaban J connectivity index is 0.000000748. The highest BCUT2D eigenvalue weighted by atomic mass is 17.3. The molecule has 0 aliphatic carbocycles. The van der Waals surface area contributed by atoms with E-state index in [9.17, 15) is 9.59 Å². The maximum Gasteiger partial charge on any atom is 0.373 e. The maximum absolute atomic E-state index is 11.8. The quantitative estimate of drug-likeness (QED) is 0.126. The average Bonchev–Trinajstić information content (AvgIpc) is 2.81. The topological polar surface area (TPSA) is 98.8 Å². The van der Waals surface area contributed by atoms with Crippen LogP contribution in [-0.4, -0.2) is 41.1 Å². The lowest BCUT2D eigenvalue weighted by atomic mass is 10.1. The van der Waals surface area contributed by atoms with Crippen LogP contribution in [0.15, 0.2) is 30.3 Å². The van der Waals surface area contributed by atoms with E-state index in [4.69, 9.17) is 29.2 Å². The average molecular weight is 515 g/mol. The third kappa shape index (κ3) is 15.9. The van der Waals surface area contributed by atoms with Gasteiger partial charge in [0.05, 0.1) is 23.4 Å². The normalized spacial score (nSPS) is 12.4. The minimum absolute atomic E-state index is 0.138. The predicted molar refractivity (Wildman–Crippen MR) is 135 cm³/mol. The molecule has 0 aromatic heterocycles. The van der Waals surface area contributed by atoms with Crippen molar-refractivity contribution in [3.05, 3.63) is 35.9 Å². The minimum atomic E-state index is -1.38. The van der Waals surface area contributed by atoms with Crippen LogP contribution < -0.4 is 0 Å². The Morgan fingerprint density at radius 1 is 0.694 bits per heavy atom. The number of carbonyl (C=O) groups is 2. The summed E-state index contributed by atoms with van der Waals surface area (Å²) in [4.78, 5) is 54.3. The largest absolute Gasteiger partial charge is 0.466 e. The minimum Gasteiger partial charge on any atom is -0.466 e. The Kier molecular flexibility index (Phi) is 14.4. The highest BCUT2D eigenvalue weighted by Gasteiger charge is 2.37. The Bertz CT molecular complexity index is 747. The molecule has 0 amide bonds. The summed E-state index contributed by atoms with van der Waals surface area (Å²) in [5, 5.41) is 0. The molecule has 0 heterocycles. The molecule has 0 bridgehead atoms. The molecule has 0 unspecified atom stereocenters. The molecule has 0 spiro atoms. The second kappa shape index (κ2) is 15.3.